The number of hydrogen-bond acceptors (Lipinski definition) is 4. The van der Waals surface area contributed by atoms with Gasteiger partial charge >= 0.3 is 0 Å². The van der Waals surface area contributed by atoms with Crippen LogP contribution in [0.2, 0.25) is 0 Å². The van der Waals surface area contributed by atoms with Gasteiger partial charge < -0.3 is 9.84 Å². The third-order valence-corrected chi connectivity index (χ3v) is 2.64. The molecule has 1 unspecified atom stereocenters. The number of aromatic nitrogens is 1. The number of alkyl halides is 1. The van der Waals surface area contributed by atoms with Gasteiger partial charge in [0.1, 0.15) is 11.1 Å². The van der Waals surface area contributed by atoms with E-state index in [0.717, 1.165) is 5.69 Å². The lowest BCUT2D eigenvalue weighted by atomic mass is 10.4. The maximum Gasteiger partial charge on any atom is 0.129 e. The molecule has 3 nitrogen and oxygen atoms in total. The molecule has 13 heavy (non-hydrogen) atoms. The third-order valence-electron chi connectivity index (χ3n) is 1.42. The lowest BCUT2D eigenvalue weighted by molar-refractivity contribution is 0.0427. The van der Waals surface area contributed by atoms with Crippen molar-refractivity contribution in [3.8, 4) is 0 Å². The van der Waals surface area contributed by atoms with Crippen LogP contribution in [-0.4, -0.2) is 29.2 Å². The van der Waals surface area contributed by atoms with Gasteiger partial charge in [-0.3, -0.25) is 0 Å². The molecule has 0 aromatic carbocycles. The minimum atomic E-state index is -0.623. The lowest BCUT2D eigenvalue weighted by Crippen LogP contribution is -2.08. The smallest absolute Gasteiger partial charge is 0.129 e. The van der Waals surface area contributed by atoms with Crippen molar-refractivity contribution < 1.29 is 9.84 Å². The topological polar surface area (TPSA) is 42.4 Å². The van der Waals surface area contributed by atoms with Crippen LogP contribution >= 0.6 is 22.9 Å². The maximum atomic E-state index is 9.54. The summed E-state index contributed by atoms with van der Waals surface area (Å²) in [6.45, 7) is 2.62. The number of halogens is 1. The summed E-state index contributed by atoms with van der Waals surface area (Å²) in [4.78, 5) is 4.14. The highest BCUT2D eigenvalue weighted by Gasteiger charge is 2.10. The zero-order valence-electron chi connectivity index (χ0n) is 7.36. The summed E-state index contributed by atoms with van der Waals surface area (Å²) in [5, 5.41) is 12.1. The summed E-state index contributed by atoms with van der Waals surface area (Å²) in [7, 11) is 0. The number of ether oxygens (including phenoxy) is 1. The minimum absolute atomic E-state index is 0.264. The SMILES string of the molecule is Cc1csc(C(O)COCCCl)n1. The van der Waals surface area contributed by atoms with Crippen molar-refractivity contribution in [2.24, 2.45) is 0 Å². The number of thiazole rings is 1. The first-order valence-corrected chi connectivity index (χ1v) is 5.39. The Morgan fingerprint density at radius 1 is 1.77 bits per heavy atom. The van der Waals surface area contributed by atoms with Crippen LogP contribution in [-0.2, 0) is 4.74 Å². The van der Waals surface area contributed by atoms with Gasteiger partial charge in [-0.2, -0.15) is 0 Å². The molecule has 74 valence electrons. The van der Waals surface area contributed by atoms with E-state index in [9.17, 15) is 5.11 Å². The molecule has 0 aliphatic carbocycles. The molecule has 1 atom stereocenters. The molecule has 0 saturated heterocycles. The quantitative estimate of drug-likeness (QED) is 0.609. The van der Waals surface area contributed by atoms with E-state index in [-0.39, 0.29) is 6.61 Å². The molecule has 0 saturated carbocycles. The molecule has 1 aromatic heterocycles. The largest absolute Gasteiger partial charge is 0.383 e. The Labute approximate surface area is 86.3 Å². The molecule has 1 heterocycles. The first kappa shape index (κ1) is 10.9. The molecule has 0 aliphatic heterocycles. The van der Waals surface area contributed by atoms with Gasteiger partial charge in [0.2, 0.25) is 0 Å². The second-order valence-electron chi connectivity index (χ2n) is 2.61. The van der Waals surface area contributed by atoms with Crippen LogP contribution in [0.1, 0.15) is 16.8 Å². The first-order valence-electron chi connectivity index (χ1n) is 3.98. The molecular weight excluding hydrogens is 210 g/mol. The Morgan fingerprint density at radius 2 is 2.54 bits per heavy atom. The fourth-order valence-electron chi connectivity index (χ4n) is 0.846. The highest BCUT2D eigenvalue weighted by molar-refractivity contribution is 7.09. The number of rotatable bonds is 5. The Bertz CT molecular complexity index is 254. The number of nitrogens with zero attached hydrogens (tertiary/aromatic N) is 1. The summed E-state index contributed by atoms with van der Waals surface area (Å²) in [5.41, 5.74) is 0.927. The van der Waals surface area contributed by atoms with Crippen LogP contribution in [0.5, 0.6) is 0 Å². The molecule has 0 aliphatic rings. The second kappa shape index (κ2) is 5.54. The van der Waals surface area contributed by atoms with E-state index in [2.05, 4.69) is 4.98 Å². The van der Waals surface area contributed by atoms with E-state index < -0.39 is 6.10 Å². The highest BCUT2D eigenvalue weighted by atomic mass is 35.5. The van der Waals surface area contributed by atoms with E-state index in [1.165, 1.54) is 11.3 Å². The molecule has 0 bridgehead atoms. The molecule has 0 fully saturated rings. The fourth-order valence-corrected chi connectivity index (χ4v) is 1.72. The average Bonchev–Trinajstić information content (AvgIpc) is 2.52. The van der Waals surface area contributed by atoms with E-state index in [4.69, 9.17) is 16.3 Å². The van der Waals surface area contributed by atoms with Crippen molar-refractivity contribution in [2.75, 3.05) is 19.1 Å². The van der Waals surface area contributed by atoms with Crippen molar-refractivity contribution in [1.29, 1.82) is 0 Å². The third kappa shape index (κ3) is 3.60. The molecule has 1 aromatic rings. The van der Waals surface area contributed by atoms with Crippen LogP contribution in [0.15, 0.2) is 5.38 Å². The van der Waals surface area contributed by atoms with Crippen LogP contribution in [0.25, 0.3) is 0 Å². The van der Waals surface area contributed by atoms with Crippen molar-refractivity contribution in [3.05, 3.63) is 16.1 Å². The minimum Gasteiger partial charge on any atom is -0.383 e. The van der Waals surface area contributed by atoms with Crippen LogP contribution in [0.3, 0.4) is 0 Å². The molecule has 0 amide bonds. The molecule has 1 N–H and O–H groups in total. The van der Waals surface area contributed by atoms with Gasteiger partial charge in [-0.05, 0) is 6.92 Å². The van der Waals surface area contributed by atoms with E-state index in [1.807, 2.05) is 12.3 Å². The predicted molar refractivity (Wildman–Crippen MR) is 53.3 cm³/mol. The van der Waals surface area contributed by atoms with Gasteiger partial charge in [-0.15, -0.1) is 22.9 Å². The second-order valence-corrected chi connectivity index (χ2v) is 3.87. The van der Waals surface area contributed by atoms with Gasteiger partial charge in [0, 0.05) is 17.0 Å². The van der Waals surface area contributed by atoms with Gasteiger partial charge in [0.25, 0.3) is 0 Å². The van der Waals surface area contributed by atoms with Crippen molar-refractivity contribution in [2.45, 2.75) is 13.0 Å². The fraction of sp³-hybridized carbons (Fsp3) is 0.625. The summed E-state index contributed by atoms with van der Waals surface area (Å²) >= 11 is 6.86. The molecule has 0 spiro atoms. The number of aliphatic hydroxyl groups excluding tert-OH is 1. The monoisotopic (exact) mass is 221 g/mol. The summed E-state index contributed by atoms with van der Waals surface area (Å²) in [5.74, 6) is 0.448. The molecule has 1 rings (SSSR count). The van der Waals surface area contributed by atoms with Gasteiger partial charge in [-0.25, -0.2) is 4.98 Å². The zero-order chi connectivity index (χ0) is 9.68. The normalized spacial score (nSPS) is 13.2. The van der Waals surface area contributed by atoms with Crippen LogP contribution < -0.4 is 0 Å². The summed E-state index contributed by atoms with van der Waals surface area (Å²) < 4.78 is 5.09. The number of aliphatic hydroxyl groups is 1. The van der Waals surface area contributed by atoms with Crippen LogP contribution in [0, 0.1) is 6.92 Å². The molecular formula is C8H12ClNO2S. The van der Waals surface area contributed by atoms with E-state index >= 15 is 0 Å². The van der Waals surface area contributed by atoms with Crippen molar-refractivity contribution in [3.63, 3.8) is 0 Å². The van der Waals surface area contributed by atoms with Gasteiger partial charge in [-0.1, -0.05) is 0 Å². The zero-order valence-corrected chi connectivity index (χ0v) is 8.94. The van der Waals surface area contributed by atoms with E-state index in [0.29, 0.717) is 17.5 Å². The summed E-state index contributed by atoms with van der Waals surface area (Å²) in [6, 6.07) is 0. The van der Waals surface area contributed by atoms with Gasteiger partial charge in [0.15, 0.2) is 0 Å². The van der Waals surface area contributed by atoms with Crippen molar-refractivity contribution in [1.82, 2.24) is 4.98 Å². The Hall–Kier alpha value is -0.160. The van der Waals surface area contributed by atoms with Gasteiger partial charge in [0.05, 0.1) is 13.2 Å². The number of hydrogen-bond donors (Lipinski definition) is 1. The number of aryl methyl sites for hydroxylation is 1. The first-order chi connectivity index (χ1) is 6.24. The van der Waals surface area contributed by atoms with Crippen LogP contribution in [0.4, 0.5) is 0 Å². The van der Waals surface area contributed by atoms with E-state index in [1.54, 1.807) is 0 Å². The predicted octanol–water partition coefficient (Wildman–Crippen LogP) is 1.74. The lowest BCUT2D eigenvalue weighted by Gasteiger charge is -2.06. The maximum absolute atomic E-state index is 9.54. The Morgan fingerprint density at radius 3 is 3.08 bits per heavy atom. The summed E-state index contributed by atoms with van der Waals surface area (Å²) in [6.07, 6.45) is -0.623. The molecule has 0 radical (unpaired) electrons. The van der Waals surface area contributed by atoms with Crippen molar-refractivity contribution >= 4 is 22.9 Å². The Kier molecular flexibility index (Phi) is 4.66. The standard InChI is InChI=1S/C8H12ClNO2S/c1-6-5-13-8(10-6)7(11)4-12-3-2-9/h5,7,11H,2-4H2,1H3. The Balaban J connectivity index is 2.35. The molecule has 5 heteroatoms. The highest BCUT2D eigenvalue weighted by Crippen LogP contribution is 2.17. The average molecular weight is 222 g/mol.